The quantitative estimate of drug-likeness (QED) is 0.760. The molecule has 7 nitrogen and oxygen atoms in total. The van der Waals surface area contributed by atoms with Crippen LogP contribution in [0.5, 0.6) is 5.88 Å². The maximum absolute atomic E-state index is 12.6. The van der Waals surface area contributed by atoms with Gasteiger partial charge in [-0.15, -0.1) is 0 Å². The number of nitrogens with one attached hydrogen (secondary N) is 1. The lowest BCUT2D eigenvalue weighted by atomic mass is 10.2. The van der Waals surface area contributed by atoms with E-state index in [9.17, 15) is 9.59 Å². The topological polar surface area (TPSA) is 86.1 Å². The van der Waals surface area contributed by atoms with Gasteiger partial charge in [0.2, 0.25) is 11.8 Å². The van der Waals surface area contributed by atoms with Crippen molar-refractivity contribution in [2.45, 2.75) is 20.0 Å². The Labute approximate surface area is 144 Å². The van der Waals surface area contributed by atoms with Gasteiger partial charge in [0, 0.05) is 18.8 Å². The smallest absolute Gasteiger partial charge is 0.261 e. The molecule has 2 heterocycles. The first-order valence-corrected chi connectivity index (χ1v) is 7.80. The molecule has 0 aliphatic heterocycles. The molecule has 0 unspecified atom stereocenters. The van der Waals surface area contributed by atoms with E-state index in [-0.39, 0.29) is 18.0 Å². The molecule has 0 fully saturated rings. The van der Waals surface area contributed by atoms with Gasteiger partial charge in [-0.05, 0) is 30.7 Å². The number of carbonyl (C=O) groups excluding carboxylic acids is 1. The molecule has 1 amide bonds. The van der Waals surface area contributed by atoms with E-state index in [0.717, 1.165) is 5.56 Å². The van der Waals surface area contributed by atoms with Gasteiger partial charge in [-0.3, -0.25) is 14.2 Å². The summed E-state index contributed by atoms with van der Waals surface area (Å²) in [5.41, 5.74) is 1.27. The van der Waals surface area contributed by atoms with E-state index in [4.69, 9.17) is 4.74 Å². The van der Waals surface area contributed by atoms with Crippen molar-refractivity contribution in [3.8, 4) is 5.88 Å². The predicted molar refractivity (Wildman–Crippen MR) is 93.4 cm³/mol. The van der Waals surface area contributed by atoms with Crippen molar-refractivity contribution in [1.82, 2.24) is 19.9 Å². The Hall–Kier alpha value is -3.22. The van der Waals surface area contributed by atoms with Crippen LogP contribution in [0.2, 0.25) is 0 Å². The highest BCUT2D eigenvalue weighted by molar-refractivity contribution is 5.79. The number of methoxy groups -OCH3 is 1. The van der Waals surface area contributed by atoms with Crippen molar-refractivity contribution in [3.05, 3.63) is 64.3 Å². The van der Waals surface area contributed by atoms with E-state index in [0.29, 0.717) is 29.2 Å². The number of aryl methyl sites for hydroxylation is 1. The van der Waals surface area contributed by atoms with Crippen LogP contribution in [0.3, 0.4) is 0 Å². The first-order chi connectivity index (χ1) is 12.1. The minimum atomic E-state index is -0.266. The zero-order chi connectivity index (χ0) is 17.8. The number of aromatic nitrogens is 3. The molecule has 3 rings (SSSR count). The number of para-hydroxylation sites is 1. The van der Waals surface area contributed by atoms with Crippen molar-refractivity contribution < 1.29 is 9.53 Å². The van der Waals surface area contributed by atoms with E-state index in [2.05, 4.69) is 15.3 Å². The zero-order valence-electron chi connectivity index (χ0n) is 14.0. The van der Waals surface area contributed by atoms with Gasteiger partial charge < -0.3 is 10.1 Å². The van der Waals surface area contributed by atoms with Crippen molar-refractivity contribution in [2.75, 3.05) is 7.11 Å². The van der Waals surface area contributed by atoms with Gasteiger partial charge in [0.15, 0.2) is 0 Å². The molecule has 7 heteroatoms. The number of benzene rings is 1. The number of ether oxygens (including phenoxy) is 1. The zero-order valence-corrected chi connectivity index (χ0v) is 14.0. The lowest BCUT2D eigenvalue weighted by Gasteiger charge is -2.11. The maximum Gasteiger partial charge on any atom is 0.261 e. The molecule has 128 valence electrons. The molecule has 1 aromatic carbocycles. The minimum absolute atomic E-state index is 0.0787. The van der Waals surface area contributed by atoms with Crippen LogP contribution < -0.4 is 15.6 Å². The van der Waals surface area contributed by atoms with Crippen molar-refractivity contribution >= 4 is 16.8 Å². The number of rotatable bonds is 5. The average molecular weight is 338 g/mol. The van der Waals surface area contributed by atoms with E-state index >= 15 is 0 Å². The van der Waals surface area contributed by atoms with Gasteiger partial charge in [-0.2, -0.15) is 0 Å². The summed E-state index contributed by atoms with van der Waals surface area (Å²) in [7, 11) is 1.53. The maximum atomic E-state index is 12.6. The van der Waals surface area contributed by atoms with Crippen LogP contribution >= 0.6 is 0 Å². The molecule has 3 aromatic rings. The Kier molecular flexibility index (Phi) is 4.74. The lowest BCUT2D eigenvalue weighted by molar-refractivity contribution is -0.121. The Morgan fingerprint density at radius 3 is 2.88 bits per heavy atom. The highest BCUT2D eigenvalue weighted by Crippen LogP contribution is 2.09. The van der Waals surface area contributed by atoms with Crippen LogP contribution in [0, 0.1) is 6.92 Å². The van der Waals surface area contributed by atoms with Crippen molar-refractivity contribution in [2.24, 2.45) is 0 Å². The van der Waals surface area contributed by atoms with Crippen LogP contribution in [0.25, 0.3) is 10.9 Å². The normalized spacial score (nSPS) is 10.6. The van der Waals surface area contributed by atoms with Crippen molar-refractivity contribution in [3.63, 3.8) is 0 Å². The molecule has 0 atom stereocenters. The molecule has 25 heavy (non-hydrogen) atoms. The molecule has 0 aliphatic rings. The highest BCUT2D eigenvalue weighted by Gasteiger charge is 2.11. The van der Waals surface area contributed by atoms with Crippen LogP contribution in [-0.4, -0.2) is 27.6 Å². The van der Waals surface area contributed by atoms with Crippen LogP contribution in [0.15, 0.2) is 47.4 Å². The standard InChI is InChI=1S/C18H18N4O3/c1-12-21-15-6-4-3-5-14(15)18(24)22(12)11-16(23)20-10-13-7-8-19-17(9-13)25-2/h3-9H,10-11H2,1-2H3,(H,20,23). The van der Waals surface area contributed by atoms with Gasteiger partial charge in [-0.1, -0.05) is 12.1 Å². The second-order valence-corrected chi connectivity index (χ2v) is 5.55. The molecule has 0 radical (unpaired) electrons. The first-order valence-electron chi connectivity index (χ1n) is 7.80. The summed E-state index contributed by atoms with van der Waals surface area (Å²) < 4.78 is 6.43. The fourth-order valence-corrected chi connectivity index (χ4v) is 2.54. The number of carbonyl (C=O) groups is 1. The fraction of sp³-hybridized carbons (Fsp3) is 0.222. The van der Waals surface area contributed by atoms with Crippen molar-refractivity contribution in [1.29, 1.82) is 0 Å². The number of hydrogen-bond acceptors (Lipinski definition) is 5. The van der Waals surface area contributed by atoms with E-state index in [1.54, 1.807) is 43.5 Å². The summed E-state index contributed by atoms with van der Waals surface area (Å²) in [6, 6.07) is 10.6. The molecule has 0 spiro atoms. The Morgan fingerprint density at radius 2 is 2.08 bits per heavy atom. The van der Waals surface area contributed by atoms with Crippen LogP contribution in [0.1, 0.15) is 11.4 Å². The summed E-state index contributed by atoms with van der Waals surface area (Å²) >= 11 is 0. The third-order valence-electron chi connectivity index (χ3n) is 3.85. The summed E-state index contributed by atoms with van der Waals surface area (Å²) in [6.45, 7) is 1.96. The Bertz CT molecular complexity index is 981. The third-order valence-corrected chi connectivity index (χ3v) is 3.85. The first kappa shape index (κ1) is 16.6. The van der Waals surface area contributed by atoms with Gasteiger partial charge in [0.1, 0.15) is 12.4 Å². The third kappa shape index (κ3) is 3.65. The molecule has 0 saturated carbocycles. The van der Waals surface area contributed by atoms with Gasteiger partial charge in [0.25, 0.3) is 5.56 Å². The molecule has 0 aliphatic carbocycles. The van der Waals surface area contributed by atoms with Gasteiger partial charge >= 0.3 is 0 Å². The monoisotopic (exact) mass is 338 g/mol. The Balaban J connectivity index is 1.74. The molecule has 1 N–H and O–H groups in total. The number of fused-ring (bicyclic) bond motifs is 1. The molecule has 0 bridgehead atoms. The number of nitrogens with zero attached hydrogens (tertiary/aromatic N) is 3. The fourth-order valence-electron chi connectivity index (χ4n) is 2.54. The highest BCUT2D eigenvalue weighted by atomic mass is 16.5. The average Bonchev–Trinajstić information content (AvgIpc) is 2.63. The number of pyridine rings is 1. The second-order valence-electron chi connectivity index (χ2n) is 5.55. The molecule has 2 aromatic heterocycles. The summed E-state index contributed by atoms with van der Waals surface area (Å²) in [5, 5.41) is 3.29. The largest absolute Gasteiger partial charge is 0.481 e. The lowest BCUT2D eigenvalue weighted by Crippen LogP contribution is -2.33. The van der Waals surface area contributed by atoms with Crippen LogP contribution in [0.4, 0.5) is 0 Å². The summed E-state index contributed by atoms with van der Waals surface area (Å²) in [5.74, 6) is 0.722. The molecular formula is C18H18N4O3. The van der Waals surface area contributed by atoms with Crippen LogP contribution in [-0.2, 0) is 17.9 Å². The predicted octanol–water partition coefficient (Wildman–Crippen LogP) is 1.42. The van der Waals surface area contributed by atoms with Gasteiger partial charge in [-0.25, -0.2) is 9.97 Å². The van der Waals surface area contributed by atoms with E-state index in [1.807, 2.05) is 6.07 Å². The summed E-state index contributed by atoms with van der Waals surface area (Å²) in [4.78, 5) is 33.2. The minimum Gasteiger partial charge on any atom is -0.481 e. The molecular weight excluding hydrogens is 320 g/mol. The second kappa shape index (κ2) is 7.12. The Morgan fingerprint density at radius 1 is 1.28 bits per heavy atom. The summed E-state index contributed by atoms with van der Waals surface area (Å²) in [6.07, 6.45) is 1.61. The molecule has 0 saturated heterocycles. The van der Waals surface area contributed by atoms with E-state index < -0.39 is 0 Å². The SMILES string of the molecule is COc1cc(CNC(=O)Cn2c(C)nc3ccccc3c2=O)ccn1. The number of amides is 1. The van der Waals surface area contributed by atoms with E-state index in [1.165, 1.54) is 11.7 Å². The number of hydrogen-bond donors (Lipinski definition) is 1. The van der Waals surface area contributed by atoms with Gasteiger partial charge in [0.05, 0.1) is 18.0 Å².